The minimum atomic E-state index is -0.441. The fourth-order valence-electron chi connectivity index (χ4n) is 2.73. The van der Waals surface area contributed by atoms with E-state index < -0.39 is 7.92 Å². The first kappa shape index (κ1) is 24.5. The summed E-state index contributed by atoms with van der Waals surface area (Å²) < 4.78 is 11.2. The quantitative estimate of drug-likeness (QED) is 0.357. The van der Waals surface area contributed by atoms with E-state index in [-0.39, 0.29) is 30.7 Å². The number of hydrogen-bond acceptors (Lipinski definition) is 2. The third kappa shape index (κ3) is 6.37. The van der Waals surface area contributed by atoms with E-state index in [1.54, 1.807) is 14.2 Å². The Bertz CT molecular complexity index is 403. The van der Waals surface area contributed by atoms with Gasteiger partial charge in [-0.05, 0) is 22.4 Å². The van der Waals surface area contributed by atoms with Crippen LogP contribution in [0.25, 0.3) is 0 Å². The van der Waals surface area contributed by atoms with Crippen LogP contribution in [-0.2, 0) is 20.4 Å². The molecule has 0 fully saturated rings. The molecule has 5 heteroatoms. The molecule has 0 aliphatic carbocycles. The molecule has 0 aromatic heterocycles. The van der Waals surface area contributed by atoms with Crippen LogP contribution in [0.3, 0.4) is 0 Å². The Labute approximate surface area is 156 Å². The largest absolute Gasteiger partial charge is 0.496 e. The summed E-state index contributed by atoms with van der Waals surface area (Å²) in [4.78, 5) is 0. The van der Waals surface area contributed by atoms with Gasteiger partial charge in [0.2, 0.25) is 0 Å². The molecule has 0 radical (unpaired) electrons. The zero-order valence-electron chi connectivity index (χ0n) is 14.9. The van der Waals surface area contributed by atoms with Gasteiger partial charge in [-0.1, -0.05) is 55.5 Å². The van der Waals surface area contributed by atoms with E-state index >= 15 is 0 Å². The van der Waals surface area contributed by atoms with Crippen LogP contribution >= 0.6 is 19.5 Å². The van der Waals surface area contributed by atoms with Crippen molar-refractivity contribution in [2.24, 2.45) is 0 Å². The van der Waals surface area contributed by atoms with E-state index in [1.807, 2.05) is 18.2 Å². The summed E-state index contributed by atoms with van der Waals surface area (Å²) in [6.07, 6.45) is 2.72. The monoisotopic (exact) mass is 437 g/mol. The summed E-state index contributed by atoms with van der Waals surface area (Å²) in [6.45, 7) is 13.8. The number of methoxy groups -OCH3 is 2. The average molecular weight is 438 g/mol. The van der Waals surface area contributed by atoms with E-state index in [0.29, 0.717) is 0 Å². The molecule has 22 heavy (non-hydrogen) atoms. The maximum absolute atomic E-state index is 5.60. The summed E-state index contributed by atoms with van der Waals surface area (Å²) >= 11 is 4.39. The molecule has 0 saturated carbocycles. The maximum atomic E-state index is 5.60. The number of halogens is 1. The van der Waals surface area contributed by atoms with Crippen molar-refractivity contribution >= 4 is 24.8 Å². The number of hydrogen-bond donors (Lipinski definition) is 0. The minimum Gasteiger partial charge on any atom is -0.496 e. The third-order valence-electron chi connectivity index (χ3n) is 2.97. The van der Waals surface area contributed by atoms with Gasteiger partial charge in [0, 0.05) is 20.4 Å². The van der Waals surface area contributed by atoms with Gasteiger partial charge in [-0.2, -0.15) is 0 Å². The molecule has 0 aliphatic rings. The smallest absolute Gasteiger partial charge is 0.130 e. The third-order valence-corrected chi connectivity index (χ3v) is 6.54. The van der Waals surface area contributed by atoms with Gasteiger partial charge in [0.15, 0.2) is 0 Å². The predicted octanol–water partition coefficient (Wildman–Crippen LogP) is 5.42. The first-order valence-corrected chi connectivity index (χ1v) is 8.78. The van der Waals surface area contributed by atoms with Crippen molar-refractivity contribution in [2.45, 2.75) is 51.9 Å². The Kier molecular flexibility index (Phi) is 11.3. The van der Waals surface area contributed by atoms with Crippen molar-refractivity contribution in [1.82, 2.24) is 0 Å². The molecule has 0 saturated heterocycles. The van der Waals surface area contributed by atoms with Gasteiger partial charge in [-0.15, -0.1) is 0 Å². The Hall–Kier alpha value is 0.202. The first-order chi connectivity index (χ1) is 9.62. The number of ether oxygens (including phenoxy) is 2. The second kappa shape index (κ2) is 10.1. The molecule has 0 unspecified atom stereocenters. The summed E-state index contributed by atoms with van der Waals surface area (Å²) in [7, 11) is 3.03. The van der Waals surface area contributed by atoms with Crippen molar-refractivity contribution in [3.05, 3.63) is 24.6 Å². The zero-order valence-corrected chi connectivity index (χ0v) is 18.1. The standard InChI is InChI=1S/C16H27O2P.CH2Cl.Pd/c1-15(2,3)19(16(4,5)6)14-12(17-7)10-9-11-13(14)18-8;1-2;/h9-11H,1-8H3;1H2;/q;-1;. The van der Waals surface area contributed by atoms with Crippen LogP contribution in [0.1, 0.15) is 41.5 Å². The molecular weight excluding hydrogens is 409 g/mol. The average Bonchev–Trinajstić information content (AvgIpc) is 2.38. The van der Waals surface area contributed by atoms with E-state index in [1.165, 1.54) is 5.30 Å². The van der Waals surface area contributed by atoms with Crippen molar-refractivity contribution in [3.63, 3.8) is 0 Å². The molecule has 1 aromatic carbocycles. The van der Waals surface area contributed by atoms with Crippen LogP contribution in [0.4, 0.5) is 0 Å². The maximum Gasteiger partial charge on any atom is 0.130 e. The second-order valence-electron chi connectivity index (χ2n) is 6.69. The molecule has 0 aliphatic heterocycles. The van der Waals surface area contributed by atoms with Crippen molar-refractivity contribution < 1.29 is 29.9 Å². The number of benzene rings is 1. The van der Waals surface area contributed by atoms with Gasteiger partial charge < -0.3 is 21.1 Å². The van der Waals surface area contributed by atoms with Crippen molar-refractivity contribution in [2.75, 3.05) is 14.2 Å². The molecule has 0 spiro atoms. The van der Waals surface area contributed by atoms with Crippen molar-refractivity contribution in [1.29, 1.82) is 0 Å². The Morgan fingerprint density at radius 1 is 0.864 bits per heavy atom. The molecule has 2 nitrogen and oxygen atoms in total. The van der Waals surface area contributed by atoms with Gasteiger partial charge in [-0.3, -0.25) is 6.38 Å². The normalized spacial score (nSPS) is 11.2. The molecule has 1 rings (SSSR count). The molecular formula is C17H29ClO2PPd-. The van der Waals surface area contributed by atoms with E-state index in [9.17, 15) is 0 Å². The van der Waals surface area contributed by atoms with E-state index in [4.69, 9.17) is 9.47 Å². The second-order valence-corrected chi connectivity index (χ2v) is 10.5. The molecule has 0 heterocycles. The number of rotatable bonds is 3. The van der Waals surface area contributed by atoms with Gasteiger partial charge in [0.25, 0.3) is 0 Å². The van der Waals surface area contributed by atoms with E-state index in [0.717, 1.165) is 11.5 Å². The molecule has 1 aromatic rings. The minimum absolute atomic E-state index is 0. The van der Waals surface area contributed by atoms with Gasteiger partial charge in [0.05, 0.1) is 19.5 Å². The SMILES string of the molecule is COc1cccc(OC)c1P(C(C)(C)C)C(C)(C)C.[CH2-]Cl.[Pd]. The summed E-state index contributed by atoms with van der Waals surface area (Å²) in [6, 6.07) is 6.05. The molecule has 0 atom stereocenters. The predicted molar refractivity (Wildman–Crippen MR) is 96.8 cm³/mol. The van der Waals surface area contributed by atoms with Crippen LogP contribution in [0, 0.1) is 6.38 Å². The zero-order chi connectivity index (χ0) is 16.8. The van der Waals surface area contributed by atoms with Gasteiger partial charge in [0.1, 0.15) is 11.5 Å². The molecule has 132 valence electrons. The molecule has 0 N–H and O–H groups in total. The van der Waals surface area contributed by atoms with Crippen LogP contribution in [-0.4, -0.2) is 24.5 Å². The van der Waals surface area contributed by atoms with Crippen LogP contribution in [0.5, 0.6) is 11.5 Å². The topological polar surface area (TPSA) is 18.5 Å². The summed E-state index contributed by atoms with van der Waals surface area (Å²) in [5, 5.41) is 1.62. The van der Waals surface area contributed by atoms with Crippen LogP contribution in [0.15, 0.2) is 18.2 Å². The first-order valence-electron chi connectivity index (χ1n) is 6.91. The Morgan fingerprint density at radius 2 is 1.18 bits per heavy atom. The van der Waals surface area contributed by atoms with Crippen LogP contribution < -0.4 is 14.8 Å². The van der Waals surface area contributed by atoms with Gasteiger partial charge >= 0.3 is 0 Å². The Morgan fingerprint density at radius 3 is 1.41 bits per heavy atom. The fraction of sp³-hybridized carbons (Fsp3) is 0.588. The fourth-order valence-corrected chi connectivity index (χ4v) is 6.86. The van der Waals surface area contributed by atoms with Gasteiger partial charge in [-0.25, -0.2) is 0 Å². The van der Waals surface area contributed by atoms with E-state index in [2.05, 4.69) is 59.5 Å². The molecule has 0 bridgehead atoms. The summed E-state index contributed by atoms with van der Waals surface area (Å²) in [5.41, 5.74) is 0. The molecule has 0 amide bonds. The Balaban J connectivity index is 0. The summed E-state index contributed by atoms with van der Waals surface area (Å²) in [5.74, 6) is 1.88. The van der Waals surface area contributed by atoms with Crippen LogP contribution in [0.2, 0.25) is 0 Å². The van der Waals surface area contributed by atoms with Crippen molar-refractivity contribution in [3.8, 4) is 11.5 Å².